The first-order chi connectivity index (χ1) is 19.0. The van der Waals surface area contributed by atoms with E-state index in [2.05, 4.69) is 31.4 Å². The summed E-state index contributed by atoms with van der Waals surface area (Å²) in [5.74, 6) is 0.135. The van der Waals surface area contributed by atoms with E-state index in [1.165, 1.54) is 6.21 Å². The molecular weight excluding hydrogens is 558 g/mol. The first-order valence-electron chi connectivity index (χ1n) is 12.3. The lowest BCUT2D eigenvalue weighted by molar-refractivity contribution is 0.0734. The number of para-hydroxylation sites is 1. The number of H-pyrrole nitrogens is 1. The van der Waals surface area contributed by atoms with Gasteiger partial charge in [-0.05, 0) is 67.1 Å². The van der Waals surface area contributed by atoms with Gasteiger partial charge in [-0.15, -0.1) is 0 Å². The zero-order valence-electron chi connectivity index (χ0n) is 21.0. The van der Waals surface area contributed by atoms with Gasteiger partial charge in [0.15, 0.2) is 0 Å². The fourth-order valence-corrected chi connectivity index (χ4v) is 4.41. The Morgan fingerprint density at radius 3 is 2.46 bits per heavy atom. The minimum absolute atomic E-state index is 0.322. The number of hydrogen-bond acceptors (Lipinski definition) is 5. The maximum absolute atomic E-state index is 13.3. The van der Waals surface area contributed by atoms with E-state index in [1.54, 1.807) is 48.5 Å². The van der Waals surface area contributed by atoms with Gasteiger partial charge in [-0.2, -0.15) is 5.10 Å². The van der Waals surface area contributed by atoms with Gasteiger partial charge in [0, 0.05) is 26.5 Å². The molecule has 0 saturated carbocycles. The van der Waals surface area contributed by atoms with Crippen molar-refractivity contribution in [3.05, 3.63) is 118 Å². The summed E-state index contributed by atoms with van der Waals surface area (Å²) in [6.45, 7) is 2.47. The second-order valence-electron chi connectivity index (χ2n) is 8.51. The number of nitrogens with zero attached hydrogens (tertiary/aromatic N) is 1. The van der Waals surface area contributed by atoms with E-state index < -0.39 is 11.9 Å². The third-order valence-corrected chi connectivity index (χ3v) is 6.47. The number of carbonyl (C=O) groups is 2. The van der Waals surface area contributed by atoms with E-state index in [0.29, 0.717) is 29.2 Å². The van der Waals surface area contributed by atoms with E-state index in [0.717, 1.165) is 32.3 Å². The van der Waals surface area contributed by atoms with Gasteiger partial charge in [0.2, 0.25) is 0 Å². The average Bonchev–Trinajstić information content (AvgIpc) is 3.34. The molecule has 5 aromatic rings. The van der Waals surface area contributed by atoms with Gasteiger partial charge in [0.25, 0.3) is 5.91 Å². The van der Waals surface area contributed by atoms with E-state index in [1.807, 2.05) is 55.5 Å². The van der Waals surface area contributed by atoms with Crippen molar-refractivity contribution in [2.45, 2.75) is 6.92 Å². The van der Waals surface area contributed by atoms with Crippen molar-refractivity contribution in [1.29, 1.82) is 0 Å². The topological polar surface area (TPSA) is 92.8 Å². The molecule has 39 heavy (non-hydrogen) atoms. The highest BCUT2D eigenvalue weighted by molar-refractivity contribution is 9.10. The van der Waals surface area contributed by atoms with E-state index in [9.17, 15) is 9.59 Å². The first kappa shape index (κ1) is 25.9. The molecule has 0 spiro atoms. The summed E-state index contributed by atoms with van der Waals surface area (Å²) in [7, 11) is 0. The van der Waals surface area contributed by atoms with Crippen molar-refractivity contribution in [2.75, 3.05) is 6.61 Å². The highest BCUT2D eigenvalue weighted by atomic mass is 79.9. The lowest BCUT2D eigenvalue weighted by Gasteiger charge is -2.08. The molecule has 0 aliphatic rings. The summed E-state index contributed by atoms with van der Waals surface area (Å²) in [4.78, 5) is 29.1. The molecule has 194 valence electrons. The summed E-state index contributed by atoms with van der Waals surface area (Å²) in [6.07, 6.45) is 1.44. The van der Waals surface area contributed by atoms with Gasteiger partial charge in [0.05, 0.1) is 18.4 Å². The van der Waals surface area contributed by atoms with Crippen LogP contribution in [0.25, 0.3) is 22.0 Å². The lowest BCUT2D eigenvalue weighted by Crippen LogP contribution is -2.19. The van der Waals surface area contributed by atoms with Crippen molar-refractivity contribution in [3.8, 4) is 22.6 Å². The molecule has 1 aromatic heterocycles. The normalized spacial score (nSPS) is 11.0. The summed E-state index contributed by atoms with van der Waals surface area (Å²) in [5.41, 5.74) is 6.36. The SMILES string of the molecule is CCOc1ccc2[nH]c(C(=O)NN=Cc3ccccc3OC(=O)c3ccc(Br)cc3)c(-c3ccccc3)c2c1. The largest absolute Gasteiger partial charge is 0.494 e. The molecule has 8 heteroatoms. The molecule has 0 saturated heterocycles. The van der Waals surface area contributed by atoms with Crippen LogP contribution in [0.1, 0.15) is 33.3 Å². The third-order valence-electron chi connectivity index (χ3n) is 5.94. The number of hydrazone groups is 1. The molecule has 5 rings (SSSR count). The number of nitrogens with one attached hydrogen (secondary N) is 2. The maximum atomic E-state index is 13.3. The number of amides is 1. The van der Waals surface area contributed by atoms with Gasteiger partial charge in [0.1, 0.15) is 17.2 Å². The lowest BCUT2D eigenvalue weighted by atomic mass is 10.0. The standard InChI is InChI=1S/C31H24BrN3O4/c1-2-38-24-16-17-26-25(18-24)28(20-8-4-3-5-9-20)29(34-26)30(36)35-33-19-22-10-6-7-11-27(22)39-31(37)21-12-14-23(32)15-13-21/h3-19,34H,2H2,1H3,(H,35,36). The maximum Gasteiger partial charge on any atom is 0.343 e. The smallest absolute Gasteiger partial charge is 0.343 e. The Morgan fingerprint density at radius 2 is 1.69 bits per heavy atom. The molecular formula is C31H24BrN3O4. The average molecular weight is 582 g/mol. The molecule has 7 nitrogen and oxygen atoms in total. The number of halogens is 1. The Hall–Kier alpha value is -4.69. The van der Waals surface area contributed by atoms with Crippen molar-refractivity contribution in [2.24, 2.45) is 5.10 Å². The van der Waals surface area contributed by atoms with Gasteiger partial charge in [-0.25, -0.2) is 10.2 Å². The fraction of sp³-hybridized carbons (Fsp3) is 0.0645. The predicted octanol–water partition coefficient (Wildman–Crippen LogP) is 6.98. The Bertz CT molecular complexity index is 1660. The Morgan fingerprint density at radius 1 is 0.949 bits per heavy atom. The van der Waals surface area contributed by atoms with Crippen molar-refractivity contribution in [1.82, 2.24) is 10.4 Å². The molecule has 2 N–H and O–H groups in total. The zero-order valence-corrected chi connectivity index (χ0v) is 22.6. The summed E-state index contributed by atoms with van der Waals surface area (Å²) >= 11 is 3.35. The summed E-state index contributed by atoms with van der Waals surface area (Å²) in [5, 5.41) is 5.02. The number of ether oxygens (including phenoxy) is 2. The molecule has 4 aromatic carbocycles. The third kappa shape index (κ3) is 5.91. The molecule has 1 amide bonds. The van der Waals surface area contributed by atoms with Crippen molar-refractivity contribution >= 4 is 44.9 Å². The van der Waals surface area contributed by atoms with Crippen molar-refractivity contribution < 1.29 is 19.1 Å². The first-order valence-corrected chi connectivity index (χ1v) is 13.1. The van der Waals surface area contributed by atoms with E-state index >= 15 is 0 Å². The monoisotopic (exact) mass is 581 g/mol. The Labute approximate surface area is 233 Å². The van der Waals surface area contributed by atoms with Crippen LogP contribution in [0.15, 0.2) is 107 Å². The van der Waals surface area contributed by atoms with Crippen LogP contribution < -0.4 is 14.9 Å². The molecule has 0 unspecified atom stereocenters. The van der Waals surface area contributed by atoms with Crippen LogP contribution in [0, 0.1) is 0 Å². The number of fused-ring (bicyclic) bond motifs is 1. The number of carbonyl (C=O) groups excluding carboxylic acids is 2. The summed E-state index contributed by atoms with van der Waals surface area (Å²) < 4.78 is 12.1. The van der Waals surface area contributed by atoms with Gasteiger partial charge >= 0.3 is 5.97 Å². The highest BCUT2D eigenvalue weighted by Crippen LogP contribution is 2.34. The molecule has 0 atom stereocenters. The van der Waals surface area contributed by atoms with Crippen LogP contribution in [0.3, 0.4) is 0 Å². The molecule has 1 heterocycles. The minimum Gasteiger partial charge on any atom is -0.494 e. The van der Waals surface area contributed by atoms with Gasteiger partial charge in [-0.1, -0.05) is 58.4 Å². The molecule has 0 bridgehead atoms. The number of aromatic nitrogens is 1. The van der Waals surface area contributed by atoms with E-state index in [4.69, 9.17) is 9.47 Å². The zero-order chi connectivity index (χ0) is 27.2. The number of esters is 1. The molecule has 0 radical (unpaired) electrons. The van der Waals surface area contributed by atoms with Crippen LogP contribution in [-0.4, -0.2) is 29.7 Å². The molecule has 0 fully saturated rings. The number of rotatable bonds is 8. The van der Waals surface area contributed by atoms with E-state index in [-0.39, 0.29) is 0 Å². The number of benzene rings is 4. The molecule has 0 aliphatic carbocycles. The number of hydrogen-bond donors (Lipinski definition) is 2. The van der Waals surface area contributed by atoms with Crippen LogP contribution >= 0.6 is 15.9 Å². The Balaban J connectivity index is 1.39. The minimum atomic E-state index is -0.496. The molecule has 0 aliphatic heterocycles. The predicted molar refractivity (Wildman–Crippen MR) is 156 cm³/mol. The van der Waals surface area contributed by atoms with Gasteiger partial charge in [-0.3, -0.25) is 4.79 Å². The second-order valence-corrected chi connectivity index (χ2v) is 9.43. The highest BCUT2D eigenvalue weighted by Gasteiger charge is 2.20. The summed E-state index contributed by atoms with van der Waals surface area (Å²) in [6, 6.07) is 29.2. The Kier molecular flexibility index (Phi) is 7.84. The number of aromatic amines is 1. The quantitative estimate of drug-likeness (QED) is 0.0894. The van der Waals surface area contributed by atoms with Gasteiger partial charge < -0.3 is 14.5 Å². The fourth-order valence-electron chi connectivity index (χ4n) is 4.14. The van der Waals surface area contributed by atoms with Crippen molar-refractivity contribution in [3.63, 3.8) is 0 Å². The van der Waals surface area contributed by atoms with Crippen LogP contribution in [-0.2, 0) is 0 Å². The van der Waals surface area contributed by atoms with Crippen LogP contribution in [0.2, 0.25) is 0 Å². The van der Waals surface area contributed by atoms with Crippen LogP contribution in [0.4, 0.5) is 0 Å². The van der Waals surface area contributed by atoms with Crippen LogP contribution in [0.5, 0.6) is 11.5 Å². The second kappa shape index (κ2) is 11.8.